The number of ether oxygens (including phenoxy) is 1. The third kappa shape index (κ3) is 4.79. The highest BCUT2D eigenvalue weighted by atomic mass is 32.1. The number of nitrogens with zero attached hydrogens (tertiary/aromatic N) is 5. The van der Waals surface area contributed by atoms with Crippen LogP contribution in [0.4, 0.5) is 0 Å². The van der Waals surface area contributed by atoms with Crippen molar-refractivity contribution in [1.29, 1.82) is 0 Å². The molecule has 0 aliphatic heterocycles. The standard InChI is InChI=1S/C25H27N5OS/c1-18-5-6-22(15-19(18)2)24-16-32-25(27-12-14-31-4)30(24)28-20(3)21-7-9-23(10-8-21)29-13-11-26-17-29/h5-11,13,15-17H,12,14H2,1-4H3/b27-25?,28-20-. The Bertz CT molecular complexity index is 1280. The SMILES string of the molecule is COCCN=c1scc(-c2ccc(C)c(C)c2)n1/N=C(/C)c1ccc(-n2ccnc2)cc1. The van der Waals surface area contributed by atoms with Crippen LogP contribution in [-0.2, 0) is 4.74 Å². The predicted octanol–water partition coefficient (Wildman–Crippen LogP) is 4.84. The number of aromatic nitrogens is 3. The summed E-state index contributed by atoms with van der Waals surface area (Å²) in [6.07, 6.45) is 5.50. The van der Waals surface area contributed by atoms with E-state index in [1.807, 2.05) is 22.4 Å². The van der Waals surface area contributed by atoms with E-state index in [1.54, 1.807) is 31.0 Å². The fourth-order valence-electron chi connectivity index (χ4n) is 3.33. The molecule has 6 nitrogen and oxygen atoms in total. The molecular weight excluding hydrogens is 418 g/mol. The molecule has 2 aromatic heterocycles. The van der Waals surface area contributed by atoms with E-state index in [-0.39, 0.29) is 0 Å². The van der Waals surface area contributed by atoms with Crippen LogP contribution < -0.4 is 4.80 Å². The summed E-state index contributed by atoms with van der Waals surface area (Å²) in [5.74, 6) is 0. The zero-order valence-corrected chi connectivity index (χ0v) is 19.6. The molecule has 0 fully saturated rings. The van der Waals surface area contributed by atoms with E-state index >= 15 is 0 Å². The van der Waals surface area contributed by atoms with Gasteiger partial charge in [0.15, 0.2) is 0 Å². The van der Waals surface area contributed by atoms with Gasteiger partial charge in [0, 0.05) is 36.1 Å². The van der Waals surface area contributed by atoms with E-state index in [4.69, 9.17) is 14.8 Å². The maximum atomic E-state index is 5.18. The molecular formula is C25H27N5OS. The van der Waals surface area contributed by atoms with Crippen LogP contribution in [0.25, 0.3) is 16.9 Å². The molecule has 0 bridgehead atoms. The van der Waals surface area contributed by atoms with Crippen molar-refractivity contribution >= 4 is 17.0 Å². The molecule has 0 spiro atoms. The lowest BCUT2D eigenvalue weighted by molar-refractivity contribution is 0.207. The summed E-state index contributed by atoms with van der Waals surface area (Å²) < 4.78 is 9.10. The maximum Gasteiger partial charge on any atom is 0.206 e. The Kier molecular flexibility index (Phi) is 6.78. The molecule has 0 amide bonds. The van der Waals surface area contributed by atoms with Crippen molar-refractivity contribution in [2.45, 2.75) is 20.8 Å². The minimum Gasteiger partial charge on any atom is -0.383 e. The predicted molar refractivity (Wildman–Crippen MR) is 131 cm³/mol. The molecule has 0 aliphatic carbocycles. The molecule has 2 heterocycles. The van der Waals surface area contributed by atoms with Gasteiger partial charge < -0.3 is 9.30 Å². The molecule has 0 saturated carbocycles. The fraction of sp³-hybridized carbons (Fsp3) is 0.240. The van der Waals surface area contributed by atoms with Gasteiger partial charge in [-0.2, -0.15) is 5.10 Å². The van der Waals surface area contributed by atoms with Crippen LogP contribution in [0, 0.1) is 13.8 Å². The topological polar surface area (TPSA) is 56.7 Å². The van der Waals surface area contributed by atoms with E-state index in [9.17, 15) is 0 Å². The Morgan fingerprint density at radius 1 is 1.09 bits per heavy atom. The van der Waals surface area contributed by atoms with Crippen molar-refractivity contribution in [3.63, 3.8) is 0 Å². The number of rotatable bonds is 7. The van der Waals surface area contributed by atoms with Gasteiger partial charge in [0.2, 0.25) is 4.80 Å². The molecule has 0 aliphatic rings. The Morgan fingerprint density at radius 2 is 1.91 bits per heavy atom. The molecule has 4 rings (SSSR count). The Hall–Kier alpha value is -3.29. The van der Waals surface area contributed by atoms with Crippen LogP contribution in [0.1, 0.15) is 23.6 Å². The molecule has 4 aromatic rings. The van der Waals surface area contributed by atoms with Gasteiger partial charge in [-0.1, -0.05) is 24.3 Å². The Balaban J connectivity index is 1.74. The van der Waals surface area contributed by atoms with E-state index in [1.165, 1.54) is 11.1 Å². The van der Waals surface area contributed by atoms with Crippen molar-refractivity contribution in [1.82, 2.24) is 14.2 Å². The number of aryl methyl sites for hydroxylation is 2. The summed E-state index contributed by atoms with van der Waals surface area (Å²) in [4.78, 5) is 9.68. The normalized spacial score (nSPS) is 12.5. The molecule has 32 heavy (non-hydrogen) atoms. The van der Waals surface area contributed by atoms with Gasteiger partial charge in [-0.3, -0.25) is 4.99 Å². The van der Waals surface area contributed by atoms with Crippen molar-refractivity contribution in [2.24, 2.45) is 10.1 Å². The largest absolute Gasteiger partial charge is 0.383 e. The number of benzene rings is 2. The first-order chi connectivity index (χ1) is 15.6. The molecule has 0 saturated heterocycles. The molecule has 0 N–H and O–H groups in total. The number of thiazole rings is 1. The molecule has 164 valence electrons. The van der Waals surface area contributed by atoms with Crippen LogP contribution in [0.5, 0.6) is 0 Å². The van der Waals surface area contributed by atoms with Crippen molar-refractivity contribution in [3.05, 3.63) is 88.1 Å². The van der Waals surface area contributed by atoms with Crippen LogP contribution in [0.15, 0.2) is 76.7 Å². The summed E-state index contributed by atoms with van der Waals surface area (Å²) >= 11 is 1.59. The van der Waals surface area contributed by atoms with Crippen LogP contribution in [0.3, 0.4) is 0 Å². The van der Waals surface area contributed by atoms with Gasteiger partial charge >= 0.3 is 0 Å². The fourth-order valence-corrected chi connectivity index (χ4v) is 4.19. The van der Waals surface area contributed by atoms with Gasteiger partial charge in [0.25, 0.3) is 0 Å². The van der Waals surface area contributed by atoms with E-state index in [2.05, 4.69) is 66.7 Å². The lowest BCUT2D eigenvalue weighted by Crippen LogP contribution is -2.15. The second kappa shape index (κ2) is 9.89. The second-order valence-corrected chi connectivity index (χ2v) is 8.43. The second-order valence-electron chi connectivity index (χ2n) is 7.59. The number of imidazole rings is 1. The highest BCUT2D eigenvalue weighted by Gasteiger charge is 2.10. The summed E-state index contributed by atoms with van der Waals surface area (Å²) in [7, 11) is 1.69. The first-order valence-electron chi connectivity index (χ1n) is 10.5. The number of hydrogen-bond donors (Lipinski definition) is 0. The van der Waals surface area contributed by atoms with Crippen LogP contribution in [0.2, 0.25) is 0 Å². The highest BCUT2D eigenvalue weighted by Crippen LogP contribution is 2.23. The first-order valence-corrected chi connectivity index (χ1v) is 11.4. The Labute approximate surface area is 192 Å². The number of hydrogen-bond acceptors (Lipinski definition) is 5. The molecule has 0 atom stereocenters. The van der Waals surface area contributed by atoms with Gasteiger partial charge in [0.05, 0.1) is 30.9 Å². The highest BCUT2D eigenvalue weighted by molar-refractivity contribution is 7.07. The average Bonchev–Trinajstić information content (AvgIpc) is 3.47. The van der Waals surface area contributed by atoms with Crippen molar-refractivity contribution < 1.29 is 4.74 Å². The van der Waals surface area contributed by atoms with Gasteiger partial charge in [-0.25, -0.2) is 9.66 Å². The summed E-state index contributed by atoms with van der Waals surface area (Å²) in [5, 5.41) is 7.10. The molecule has 0 unspecified atom stereocenters. The van der Waals surface area contributed by atoms with Gasteiger partial charge in [0.1, 0.15) is 0 Å². The Morgan fingerprint density at radius 3 is 2.59 bits per heavy atom. The van der Waals surface area contributed by atoms with Crippen molar-refractivity contribution in [2.75, 3.05) is 20.3 Å². The zero-order valence-electron chi connectivity index (χ0n) is 18.8. The maximum absolute atomic E-state index is 5.18. The molecule has 7 heteroatoms. The molecule has 0 radical (unpaired) electrons. The summed E-state index contributed by atoms with van der Waals surface area (Å²) in [5.41, 5.74) is 7.73. The van der Waals surface area contributed by atoms with Crippen LogP contribution in [-0.4, -0.2) is 40.2 Å². The minimum absolute atomic E-state index is 0.579. The zero-order chi connectivity index (χ0) is 22.5. The minimum atomic E-state index is 0.579. The smallest absolute Gasteiger partial charge is 0.206 e. The van der Waals surface area contributed by atoms with Crippen molar-refractivity contribution in [3.8, 4) is 16.9 Å². The quantitative estimate of drug-likeness (QED) is 0.302. The lowest BCUT2D eigenvalue weighted by atomic mass is 10.1. The average molecular weight is 446 g/mol. The van der Waals surface area contributed by atoms with E-state index < -0.39 is 0 Å². The lowest BCUT2D eigenvalue weighted by Gasteiger charge is -2.09. The van der Waals surface area contributed by atoms with Gasteiger partial charge in [-0.15, -0.1) is 11.3 Å². The third-order valence-corrected chi connectivity index (χ3v) is 6.22. The summed E-state index contributed by atoms with van der Waals surface area (Å²) in [6.45, 7) is 7.46. The summed E-state index contributed by atoms with van der Waals surface area (Å²) in [6, 6.07) is 14.8. The third-order valence-electron chi connectivity index (χ3n) is 5.37. The number of methoxy groups -OCH3 is 1. The first kappa shape index (κ1) is 21.9. The van der Waals surface area contributed by atoms with Crippen LogP contribution >= 0.6 is 11.3 Å². The monoisotopic (exact) mass is 445 g/mol. The molecule has 2 aromatic carbocycles. The van der Waals surface area contributed by atoms with Gasteiger partial charge in [-0.05, 0) is 55.7 Å². The van der Waals surface area contributed by atoms with E-state index in [0.29, 0.717) is 13.2 Å². The van der Waals surface area contributed by atoms with E-state index in [0.717, 1.165) is 33.0 Å².